The number of anilines is 2. The van der Waals surface area contributed by atoms with Crippen LogP contribution in [0.4, 0.5) is 20.2 Å². The molecule has 2 fully saturated rings. The minimum atomic E-state index is -0.604. The SMILES string of the molecule is NC(=O)c1ccc(N2CCNCC2)c(-c2n[nH]c3ccc(Cc4cc(F)cc(F)c4)cc23)c1NC1CCOCC1. The standard InChI is InChI=1S/C30H32F2N6O2/c31-20-14-19(15-21(32)17-20)13-18-1-3-25-24(16-18)29(37-36-25)27-26(38-9-7-34-8-10-38)4-2-23(30(33)39)28(27)35-22-5-11-40-12-6-22/h1-4,14-17,22,34-35H,5-13H2,(H2,33,39)(H,36,37). The Bertz CT molecular complexity index is 1520. The van der Waals surface area contributed by atoms with E-state index in [0.717, 1.165) is 72.8 Å². The summed E-state index contributed by atoms with van der Waals surface area (Å²) in [5.41, 5.74) is 11.7. The van der Waals surface area contributed by atoms with E-state index in [0.29, 0.717) is 42.1 Å². The van der Waals surface area contributed by atoms with Crippen molar-refractivity contribution in [2.45, 2.75) is 25.3 Å². The molecule has 2 aliphatic heterocycles. The van der Waals surface area contributed by atoms with E-state index in [2.05, 4.69) is 20.6 Å². The molecule has 1 aromatic heterocycles. The van der Waals surface area contributed by atoms with Crippen molar-refractivity contribution in [3.63, 3.8) is 0 Å². The number of ether oxygens (including phenoxy) is 1. The first-order valence-electron chi connectivity index (χ1n) is 13.7. The van der Waals surface area contributed by atoms with Crippen LogP contribution in [0.25, 0.3) is 22.2 Å². The Morgan fingerprint density at radius 1 is 1.02 bits per heavy atom. The van der Waals surface area contributed by atoms with E-state index >= 15 is 0 Å². The van der Waals surface area contributed by atoms with Crippen LogP contribution in [0.5, 0.6) is 0 Å². The predicted octanol–water partition coefficient (Wildman–Crippen LogP) is 4.20. The van der Waals surface area contributed by atoms with Crippen molar-refractivity contribution in [2.24, 2.45) is 5.73 Å². The Labute approximate surface area is 230 Å². The highest BCUT2D eigenvalue weighted by Crippen LogP contribution is 2.43. The van der Waals surface area contributed by atoms with Gasteiger partial charge < -0.3 is 26.0 Å². The van der Waals surface area contributed by atoms with Crippen molar-refractivity contribution in [3.8, 4) is 11.3 Å². The largest absolute Gasteiger partial charge is 0.381 e. The number of nitrogens with one attached hydrogen (secondary N) is 3. The number of aromatic nitrogens is 2. The molecule has 0 aliphatic carbocycles. The number of hydrogen-bond donors (Lipinski definition) is 4. The first-order valence-corrected chi connectivity index (χ1v) is 13.7. The molecule has 4 aromatic rings. The van der Waals surface area contributed by atoms with E-state index in [1.165, 1.54) is 12.1 Å². The number of nitrogens with zero attached hydrogens (tertiary/aromatic N) is 2. The summed E-state index contributed by atoms with van der Waals surface area (Å²) in [5.74, 6) is -1.72. The van der Waals surface area contributed by atoms with Crippen LogP contribution in [0.3, 0.4) is 0 Å². The maximum atomic E-state index is 13.9. The molecule has 1 amide bonds. The molecule has 5 N–H and O–H groups in total. The molecule has 40 heavy (non-hydrogen) atoms. The molecule has 10 heteroatoms. The van der Waals surface area contributed by atoms with E-state index in [1.807, 2.05) is 24.3 Å². The number of piperazine rings is 1. The van der Waals surface area contributed by atoms with E-state index < -0.39 is 17.5 Å². The molecular weight excluding hydrogens is 514 g/mol. The minimum absolute atomic E-state index is 0.118. The Hall–Kier alpha value is -4.02. The number of benzene rings is 3. The van der Waals surface area contributed by atoms with Crippen LogP contribution >= 0.6 is 0 Å². The molecular formula is C30H32F2N6O2. The van der Waals surface area contributed by atoms with Crippen LogP contribution in [0.1, 0.15) is 34.3 Å². The zero-order valence-electron chi connectivity index (χ0n) is 22.1. The van der Waals surface area contributed by atoms with E-state index in [4.69, 9.17) is 15.6 Å². The number of fused-ring (bicyclic) bond motifs is 1. The molecule has 0 atom stereocenters. The number of carbonyl (C=O) groups is 1. The number of H-pyrrole nitrogens is 1. The lowest BCUT2D eigenvalue weighted by atomic mass is 9.95. The maximum Gasteiger partial charge on any atom is 0.250 e. The number of halogens is 2. The summed E-state index contributed by atoms with van der Waals surface area (Å²) >= 11 is 0. The Morgan fingerprint density at radius 3 is 2.50 bits per heavy atom. The normalized spacial score (nSPS) is 16.4. The average Bonchev–Trinajstić information content (AvgIpc) is 3.36. The molecule has 0 saturated carbocycles. The molecule has 6 rings (SSSR count). The third-order valence-electron chi connectivity index (χ3n) is 7.67. The van der Waals surface area contributed by atoms with Crippen molar-refractivity contribution < 1.29 is 18.3 Å². The fraction of sp³-hybridized carbons (Fsp3) is 0.333. The molecule has 0 unspecified atom stereocenters. The number of primary amides is 1. The Morgan fingerprint density at radius 2 is 1.77 bits per heavy atom. The quantitative estimate of drug-likeness (QED) is 0.277. The molecule has 2 aliphatic rings. The predicted molar refractivity (Wildman–Crippen MR) is 152 cm³/mol. The third kappa shape index (κ3) is 5.37. The van der Waals surface area contributed by atoms with Crippen molar-refractivity contribution in [1.82, 2.24) is 15.5 Å². The van der Waals surface area contributed by atoms with Gasteiger partial charge >= 0.3 is 0 Å². The number of carbonyl (C=O) groups excluding carboxylic acids is 1. The van der Waals surface area contributed by atoms with Gasteiger partial charge in [0.2, 0.25) is 0 Å². The zero-order valence-corrected chi connectivity index (χ0v) is 22.1. The lowest BCUT2D eigenvalue weighted by Crippen LogP contribution is -2.43. The minimum Gasteiger partial charge on any atom is -0.381 e. The van der Waals surface area contributed by atoms with Gasteiger partial charge in [0.1, 0.15) is 17.3 Å². The highest BCUT2D eigenvalue weighted by Gasteiger charge is 2.27. The van der Waals surface area contributed by atoms with Gasteiger partial charge in [-0.05, 0) is 66.8 Å². The summed E-state index contributed by atoms with van der Waals surface area (Å²) in [5, 5.41) is 15.8. The van der Waals surface area contributed by atoms with Gasteiger partial charge in [0, 0.05) is 62.6 Å². The second kappa shape index (κ2) is 11.2. The fourth-order valence-electron chi connectivity index (χ4n) is 5.71. The van der Waals surface area contributed by atoms with Gasteiger partial charge in [0.25, 0.3) is 5.91 Å². The third-order valence-corrected chi connectivity index (χ3v) is 7.67. The van der Waals surface area contributed by atoms with Gasteiger partial charge in [0.15, 0.2) is 0 Å². The Balaban J connectivity index is 1.50. The highest BCUT2D eigenvalue weighted by atomic mass is 19.1. The number of hydrogen-bond acceptors (Lipinski definition) is 6. The number of aromatic amines is 1. The summed E-state index contributed by atoms with van der Waals surface area (Å²) in [6.45, 7) is 4.58. The van der Waals surface area contributed by atoms with Crippen LogP contribution in [0.15, 0.2) is 48.5 Å². The van der Waals surface area contributed by atoms with Gasteiger partial charge in [-0.2, -0.15) is 5.10 Å². The van der Waals surface area contributed by atoms with Crippen molar-refractivity contribution >= 4 is 28.2 Å². The molecule has 3 heterocycles. The second-order valence-corrected chi connectivity index (χ2v) is 10.4. The zero-order chi connectivity index (χ0) is 27.6. The van der Waals surface area contributed by atoms with E-state index in [1.54, 1.807) is 6.07 Å². The summed E-state index contributed by atoms with van der Waals surface area (Å²) < 4.78 is 33.3. The maximum absolute atomic E-state index is 13.9. The van der Waals surface area contributed by atoms with Gasteiger partial charge in [-0.25, -0.2) is 8.78 Å². The molecule has 3 aromatic carbocycles. The molecule has 2 saturated heterocycles. The topological polar surface area (TPSA) is 108 Å². The van der Waals surface area contributed by atoms with Crippen LogP contribution in [-0.4, -0.2) is 61.5 Å². The van der Waals surface area contributed by atoms with Gasteiger partial charge in [-0.1, -0.05) is 6.07 Å². The van der Waals surface area contributed by atoms with Crippen molar-refractivity contribution in [3.05, 3.63) is 76.9 Å². The summed E-state index contributed by atoms with van der Waals surface area (Å²) in [6, 6.07) is 13.3. The van der Waals surface area contributed by atoms with Crippen LogP contribution in [-0.2, 0) is 11.2 Å². The van der Waals surface area contributed by atoms with Crippen LogP contribution in [0, 0.1) is 11.6 Å². The van der Waals surface area contributed by atoms with Crippen LogP contribution in [0.2, 0.25) is 0 Å². The van der Waals surface area contributed by atoms with Gasteiger partial charge in [-0.15, -0.1) is 0 Å². The summed E-state index contributed by atoms with van der Waals surface area (Å²) in [7, 11) is 0. The highest BCUT2D eigenvalue weighted by molar-refractivity contribution is 6.08. The van der Waals surface area contributed by atoms with Crippen molar-refractivity contribution in [2.75, 3.05) is 49.6 Å². The monoisotopic (exact) mass is 546 g/mol. The van der Waals surface area contributed by atoms with Gasteiger partial charge in [0.05, 0.1) is 22.3 Å². The first-order chi connectivity index (χ1) is 19.5. The first kappa shape index (κ1) is 26.2. The van der Waals surface area contributed by atoms with Crippen LogP contribution < -0.4 is 21.3 Å². The number of nitrogens with two attached hydrogens (primary N) is 1. The molecule has 208 valence electrons. The number of rotatable bonds is 7. The fourth-order valence-corrected chi connectivity index (χ4v) is 5.71. The summed E-state index contributed by atoms with van der Waals surface area (Å²) in [6.07, 6.45) is 1.98. The second-order valence-electron chi connectivity index (χ2n) is 10.4. The summed E-state index contributed by atoms with van der Waals surface area (Å²) in [4.78, 5) is 15.0. The molecule has 0 spiro atoms. The lowest BCUT2D eigenvalue weighted by molar-refractivity contribution is 0.0904. The Kier molecular flexibility index (Phi) is 7.36. The van der Waals surface area contributed by atoms with E-state index in [-0.39, 0.29) is 6.04 Å². The molecule has 0 radical (unpaired) electrons. The molecule has 0 bridgehead atoms. The van der Waals surface area contributed by atoms with Crippen molar-refractivity contribution in [1.29, 1.82) is 0 Å². The van der Waals surface area contributed by atoms with E-state index in [9.17, 15) is 13.6 Å². The molecule has 8 nitrogen and oxygen atoms in total. The average molecular weight is 547 g/mol. The smallest absolute Gasteiger partial charge is 0.250 e. The number of amides is 1. The lowest BCUT2D eigenvalue weighted by Gasteiger charge is -2.33. The van der Waals surface area contributed by atoms with Gasteiger partial charge in [-0.3, -0.25) is 9.89 Å².